The van der Waals surface area contributed by atoms with Crippen molar-refractivity contribution in [1.82, 2.24) is 0 Å². The molecule has 0 radical (unpaired) electrons. The van der Waals surface area contributed by atoms with E-state index in [0.29, 0.717) is 41.9 Å². The molecule has 4 aliphatic rings. The zero-order valence-corrected chi connectivity index (χ0v) is 25.9. The second-order valence-electron chi connectivity index (χ2n) is 12.0. The fourth-order valence-electron chi connectivity index (χ4n) is 8.95. The van der Waals surface area contributed by atoms with Crippen LogP contribution in [0.4, 0.5) is 0 Å². The standard InChI is InChI=1S/C26H43NO5.Rb/c1-15(4-9-23(30)27-14-24(31)32)19-7-8-20-18-6-5-16-12-17(28)10-11-25(16,2)21(18)13-22(29)26(19,20)3;/h15-22,28-29H,4-14H2,1-3H3,(H,27,30)(H,31,32);/q;+1/p-1/t15-,16-,17-,18+,19-,20+,21+,22+,25+,26-;/m1./s1. The Balaban J connectivity index is 0.00000306. The molecule has 0 aromatic heterocycles. The molecule has 0 aliphatic heterocycles. The molecule has 33 heavy (non-hydrogen) atoms. The third-order valence-corrected chi connectivity index (χ3v) is 10.7. The van der Waals surface area contributed by atoms with Crippen LogP contribution in [0.25, 0.3) is 0 Å². The van der Waals surface area contributed by atoms with Crippen LogP contribution in [-0.4, -0.2) is 45.9 Å². The van der Waals surface area contributed by atoms with E-state index in [0.717, 1.165) is 38.5 Å². The van der Waals surface area contributed by atoms with E-state index in [4.69, 9.17) is 5.11 Å². The van der Waals surface area contributed by atoms with Crippen molar-refractivity contribution in [2.75, 3.05) is 6.54 Å². The number of carboxylic acid groups (broad SMARTS) is 1. The minimum atomic E-state index is -1.08. The van der Waals surface area contributed by atoms with Gasteiger partial charge in [-0.1, -0.05) is 20.8 Å². The van der Waals surface area contributed by atoms with Gasteiger partial charge >= 0.3 is 64.2 Å². The Kier molecular flexibility index (Phi) is 9.38. The van der Waals surface area contributed by atoms with E-state index in [-0.39, 0.29) is 93.5 Å². The first-order chi connectivity index (χ1) is 15.1. The van der Waals surface area contributed by atoms with Crippen molar-refractivity contribution in [2.24, 2.45) is 51.3 Å². The van der Waals surface area contributed by atoms with Crippen molar-refractivity contribution in [1.29, 1.82) is 0 Å². The molecule has 0 aromatic carbocycles. The van der Waals surface area contributed by atoms with Crippen molar-refractivity contribution in [3.05, 3.63) is 0 Å². The zero-order valence-electron chi connectivity index (χ0n) is 21.0. The van der Waals surface area contributed by atoms with Gasteiger partial charge in [-0.15, -0.1) is 0 Å². The second-order valence-corrected chi connectivity index (χ2v) is 12.0. The first-order valence-corrected chi connectivity index (χ1v) is 12.9. The molecule has 4 fully saturated rings. The van der Waals surface area contributed by atoms with Gasteiger partial charge in [0.2, 0.25) is 0 Å². The second kappa shape index (κ2) is 11.0. The summed E-state index contributed by atoms with van der Waals surface area (Å²) < 4.78 is 0. The van der Waals surface area contributed by atoms with E-state index >= 15 is 0 Å². The summed E-state index contributed by atoms with van der Waals surface area (Å²) in [5.74, 6) is 1.60. The minimum absolute atomic E-state index is 0. The smallest absolute Gasteiger partial charge is 0.862 e. The summed E-state index contributed by atoms with van der Waals surface area (Å²) in [6, 6.07) is 0. The van der Waals surface area contributed by atoms with Gasteiger partial charge in [-0.3, -0.25) is 9.79 Å². The Hall–Kier alpha value is 0.665. The Labute approximate surface area is 247 Å². The molecule has 3 N–H and O–H groups in total. The molecule has 10 atom stereocenters. The molecule has 0 unspecified atom stereocenters. The van der Waals surface area contributed by atoms with Crippen molar-refractivity contribution >= 4 is 11.9 Å². The quantitative estimate of drug-likeness (QED) is 0.334. The van der Waals surface area contributed by atoms with Gasteiger partial charge in [-0.05, 0) is 116 Å². The summed E-state index contributed by atoms with van der Waals surface area (Å²) in [5.41, 5.74) is 0.130. The van der Waals surface area contributed by atoms with Gasteiger partial charge < -0.3 is 20.4 Å². The fraction of sp³-hybridized carbons (Fsp3) is 0.923. The van der Waals surface area contributed by atoms with Crippen LogP contribution in [0.5, 0.6) is 0 Å². The van der Waals surface area contributed by atoms with Crippen LogP contribution in [0, 0.1) is 46.3 Å². The zero-order chi connectivity index (χ0) is 23.3. The average molecular weight is 534 g/mol. The Morgan fingerprint density at radius 2 is 1.82 bits per heavy atom. The van der Waals surface area contributed by atoms with Crippen molar-refractivity contribution in [3.63, 3.8) is 0 Å². The number of hydrogen-bond acceptors (Lipinski definition) is 5. The van der Waals surface area contributed by atoms with Crippen molar-refractivity contribution in [2.45, 2.75) is 97.2 Å². The number of aliphatic carboxylic acids is 1. The number of fused-ring (bicyclic) bond motifs is 5. The molecular weight excluding hydrogens is 492 g/mol. The minimum Gasteiger partial charge on any atom is -0.862 e. The van der Waals surface area contributed by atoms with Gasteiger partial charge in [-0.2, -0.15) is 0 Å². The Morgan fingerprint density at radius 1 is 1.09 bits per heavy atom. The van der Waals surface area contributed by atoms with Crippen LogP contribution in [-0.2, 0) is 4.79 Å². The fourth-order valence-corrected chi connectivity index (χ4v) is 8.95. The SMILES string of the molecule is C[C@H](CCC([O-])=NCC(=O)O)[C@H]1CC[C@H]2[C@@H]3CC[C@@H]4C[C@H](O)CC[C@]4(C)[C@H]3C[C@H](O)[C@]12C.[Rb+]. The average Bonchev–Trinajstić information content (AvgIpc) is 3.10. The van der Waals surface area contributed by atoms with Crippen LogP contribution in [0.15, 0.2) is 4.99 Å². The molecule has 182 valence electrons. The number of carboxylic acids is 1. The van der Waals surface area contributed by atoms with Crippen LogP contribution in [0.2, 0.25) is 0 Å². The maximum atomic E-state index is 12.0. The third kappa shape index (κ3) is 5.23. The van der Waals surface area contributed by atoms with Crippen LogP contribution >= 0.6 is 0 Å². The van der Waals surface area contributed by atoms with Gasteiger partial charge in [0, 0.05) is 0 Å². The summed E-state index contributed by atoms with van der Waals surface area (Å²) >= 11 is 0. The predicted molar refractivity (Wildman–Crippen MR) is 121 cm³/mol. The van der Waals surface area contributed by atoms with Crippen molar-refractivity contribution < 1.29 is 83.4 Å². The predicted octanol–water partition coefficient (Wildman–Crippen LogP) is 0.241. The number of aliphatic hydroxyl groups excluding tert-OH is 2. The van der Waals surface area contributed by atoms with Gasteiger partial charge in [0.05, 0.1) is 12.2 Å². The Bertz CT molecular complexity index is 746. The molecule has 0 amide bonds. The number of hydrogen-bond donors (Lipinski definition) is 3. The number of carbonyl (C=O) groups is 1. The van der Waals surface area contributed by atoms with E-state index in [2.05, 4.69) is 25.8 Å². The van der Waals surface area contributed by atoms with Gasteiger partial charge in [0.25, 0.3) is 0 Å². The maximum absolute atomic E-state index is 12.0. The topological polar surface area (TPSA) is 113 Å². The number of nitrogens with zero attached hydrogens (tertiary/aromatic N) is 1. The molecule has 7 heteroatoms. The molecule has 0 heterocycles. The summed E-state index contributed by atoms with van der Waals surface area (Å²) in [5, 5.41) is 42.5. The molecule has 4 saturated carbocycles. The largest absolute Gasteiger partial charge is 1.00 e. The molecule has 0 aromatic rings. The molecular formula is C26H42NO5Rb. The summed E-state index contributed by atoms with van der Waals surface area (Å²) in [6.07, 6.45) is 8.98. The summed E-state index contributed by atoms with van der Waals surface area (Å²) in [7, 11) is 0. The van der Waals surface area contributed by atoms with E-state index in [1.807, 2.05) is 0 Å². The van der Waals surface area contributed by atoms with Crippen LogP contribution in [0.1, 0.15) is 85.0 Å². The van der Waals surface area contributed by atoms with Crippen LogP contribution < -0.4 is 63.3 Å². The molecule has 4 aliphatic carbocycles. The van der Waals surface area contributed by atoms with E-state index in [9.17, 15) is 20.1 Å². The number of rotatable bonds is 6. The Morgan fingerprint density at radius 3 is 2.52 bits per heavy atom. The van der Waals surface area contributed by atoms with Gasteiger partial charge in [0.15, 0.2) is 0 Å². The van der Waals surface area contributed by atoms with Crippen molar-refractivity contribution in [3.8, 4) is 0 Å². The summed E-state index contributed by atoms with van der Waals surface area (Å²) in [6.45, 7) is 6.50. The maximum Gasteiger partial charge on any atom is 1.00 e. The van der Waals surface area contributed by atoms with E-state index < -0.39 is 12.5 Å². The molecule has 0 bridgehead atoms. The number of aliphatic hydroxyl groups is 2. The monoisotopic (exact) mass is 533 g/mol. The summed E-state index contributed by atoms with van der Waals surface area (Å²) in [4.78, 5) is 14.3. The molecule has 0 spiro atoms. The number of aliphatic imine (C=N–C) groups is 1. The third-order valence-electron chi connectivity index (χ3n) is 10.7. The van der Waals surface area contributed by atoms with Gasteiger partial charge in [-0.25, -0.2) is 0 Å². The van der Waals surface area contributed by atoms with E-state index in [1.165, 1.54) is 12.8 Å². The molecule has 6 nitrogen and oxygen atoms in total. The van der Waals surface area contributed by atoms with Gasteiger partial charge in [0.1, 0.15) is 6.54 Å². The molecule has 0 saturated heterocycles. The molecule has 4 rings (SSSR count). The van der Waals surface area contributed by atoms with Crippen LogP contribution in [0.3, 0.4) is 0 Å². The first-order valence-electron chi connectivity index (χ1n) is 12.9. The normalized spacial score (nSPS) is 45.8. The van der Waals surface area contributed by atoms with E-state index in [1.54, 1.807) is 0 Å². The first kappa shape index (κ1) is 28.2.